The van der Waals surface area contributed by atoms with Gasteiger partial charge in [0, 0.05) is 44.6 Å². The molecule has 2 aromatic rings. The molecule has 8 nitrogen and oxygen atoms in total. The predicted molar refractivity (Wildman–Crippen MR) is 108 cm³/mol. The van der Waals surface area contributed by atoms with Crippen LogP contribution in [0.1, 0.15) is 12.8 Å². The lowest BCUT2D eigenvalue weighted by Gasteiger charge is -2.42. The molecular weight excluding hydrogens is 391 g/mol. The van der Waals surface area contributed by atoms with Crippen LogP contribution >= 0.6 is 0 Å². The van der Waals surface area contributed by atoms with Crippen LogP contribution in [0.25, 0.3) is 0 Å². The van der Waals surface area contributed by atoms with Crippen molar-refractivity contribution in [3.05, 3.63) is 53.0 Å². The molecule has 0 unspecified atom stereocenters. The summed E-state index contributed by atoms with van der Waals surface area (Å²) in [6.07, 6.45) is 5.01. The van der Waals surface area contributed by atoms with Gasteiger partial charge in [-0.25, -0.2) is 9.18 Å². The van der Waals surface area contributed by atoms with Crippen molar-refractivity contribution in [3.63, 3.8) is 0 Å². The fraction of sp³-hybridized carbons (Fsp3) is 0.524. The van der Waals surface area contributed by atoms with E-state index >= 15 is 0 Å². The molecule has 30 heavy (non-hydrogen) atoms. The lowest BCUT2D eigenvalue weighted by molar-refractivity contribution is -0.155. The molecule has 2 fully saturated rings. The van der Waals surface area contributed by atoms with Gasteiger partial charge in [0.05, 0.1) is 6.54 Å². The van der Waals surface area contributed by atoms with Gasteiger partial charge >= 0.3 is 5.69 Å². The third kappa shape index (κ3) is 5.09. The maximum atomic E-state index is 13.0. The zero-order valence-electron chi connectivity index (χ0n) is 16.8. The number of imidazole rings is 1. The Balaban J connectivity index is 1.24. The third-order valence-electron chi connectivity index (χ3n) is 5.79. The van der Waals surface area contributed by atoms with Crippen molar-refractivity contribution in [2.24, 2.45) is 0 Å². The third-order valence-corrected chi connectivity index (χ3v) is 5.79. The fourth-order valence-corrected chi connectivity index (χ4v) is 4.05. The van der Waals surface area contributed by atoms with E-state index in [9.17, 15) is 14.0 Å². The van der Waals surface area contributed by atoms with E-state index < -0.39 is 0 Å². The number of ether oxygens (including phenoxy) is 2. The van der Waals surface area contributed by atoms with Crippen molar-refractivity contribution >= 4 is 5.91 Å². The summed E-state index contributed by atoms with van der Waals surface area (Å²) in [5, 5.41) is 0. The molecule has 2 aliphatic rings. The van der Waals surface area contributed by atoms with E-state index in [-0.39, 0.29) is 36.2 Å². The van der Waals surface area contributed by atoms with Gasteiger partial charge in [-0.05, 0) is 37.1 Å². The Labute approximate surface area is 174 Å². The first-order chi connectivity index (χ1) is 14.6. The van der Waals surface area contributed by atoms with Crippen LogP contribution < -0.4 is 10.4 Å². The van der Waals surface area contributed by atoms with Crippen molar-refractivity contribution in [1.82, 2.24) is 19.4 Å². The second kappa shape index (κ2) is 9.44. The van der Waals surface area contributed by atoms with Gasteiger partial charge in [0.2, 0.25) is 5.91 Å². The van der Waals surface area contributed by atoms with Gasteiger partial charge in [-0.2, -0.15) is 0 Å². The van der Waals surface area contributed by atoms with E-state index in [1.165, 1.54) is 12.1 Å². The Morgan fingerprint density at radius 3 is 2.60 bits per heavy atom. The minimum absolute atomic E-state index is 0.0188. The van der Waals surface area contributed by atoms with Crippen LogP contribution in [0.3, 0.4) is 0 Å². The highest BCUT2D eigenvalue weighted by Crippen LogP contribution is 2.21. The Hall–Kier alpha value is -2.65. The number of aromatic amines is 1. The Morgan fingerprint density at radius 1 is 1.13 bits per heavy atom. The second-order valence-corrected chi connectivity index (χ2v) is 7.78. The summed E-state index contributed by atoms with van der Waals surface area (Å²) in [4.78, 5) is 30.9. The number of carbonyl (C=O) groups excluding carboxylic acids is 1. The summed E-state index contributed by atoms with van der Waals surface area (Å²) in [5.41, 5.74) is -0.0855. The lowest BCUT2D eigenvalue weighted by atomic mass is 10.0. The number of benzene rings is 1. The van der Waals surface area contributed by atoms with Gasteiger partial charge < -0.3 is 24.3 Å². The number of morpholine rings is 1. The summed E-state index contributed by atoms with van der Waals surface area (Å²) in [7, 11) is 0. The molecule has 0 bridgehead atoms. The number of carbonyl (C=O) groups is 1. The van der Waals surface area contributed by atoms with E-state index in [2.05, 4.69) is 9.88 Å². The molecule has 1 atom stereocenters. The molecule has 0 aliphatic carbocycles. The molecular formula is C21H27FN4O4. The van der Waals surface area contributed by atoms with Gasteiger partial charge in [-0.15, -0.1) is 0 Å². The minimum Gasteiger partial charge on any atom is -0.491 e. The number of hydrogen-bond donors (Lipinski definition) is 1. The molecule has 162 valence electrons. The maximum absolute atomic E-state index is 13.0. The highest BCUT2D eigenvalue weighted by atomic mass is 19.1. The Kier molecular flexibility index (Phi) is 6.49. The molecule has 2 saturated heterocycles. The molecule has 3 heterocycles. The smallest absolute Gasteiger partial charge is 0.325 e. The monoisotopic (exact) mass is 418 g/mol. The number of halogens is 1. The summed E-state index contributed by atoms with van der Waals surface area (Å²) >= 11 is 0. The molecule has 1 N–H and O–H groups in total. The first-order valence-corrected chi connectivity index (χ1v) is 10.3. The van der Waals surface area contributed by atoms with E-state index in [4.69, 9.17) is 9.47 Å². The number of amides is 1. The van der Waals surface area contributed by atoms with Gasteiger partial charge in [0.25, 0.3) is 0 Å². The van der Waals surface area contributed by atoms with Gasteiger partial charge in [0.15, 0.2) is 0 Å². The van der Waals surface area contributed by atoms with Crippen LogP contribution in [0.5, 0.6) is 5.75 Å². The van der Waals surface area contributed by atoms with Crippen molar-refractivity contribution in [3.8, 4) is 5.75 Å². The zero-order valence-corrected chi connectivity index (χ0v) is 16.8. The molecule has 9 heteroatoms. The standard InChI is InChI=1S/C21H27FN4O4/c22-16-1-3-18(4-2-16)29-14-19-13-26(20(27)15-30-19)17-5-8-24(9-6-17)11-12-25-10-7-23-21(25)28/h1-4,7,10,17,19H,5-6,8-9,11-15H2,(H,23,28)/t19-/m1/s1. The van der Waals surface area contributed by atoms with Crippen molar-refractivity contribution in [2.45, 2.75) is 31.5 Å². The summed E-state index contributed by atoms with van der Waals surface area (Å²) in [5.74, 6) is 0.295. The van der Waals surface area contributed by atoms with E-state index in [1.54, 1.807) is 29.1 Å². The number of rotatable bonds is 7. The second-order valence-electron chi connectivity index (χ2n) is 7.78. The van der Waals surface area contributed by atoms with E-state index in [0.717, 1.165) is 32.5 Å². The summed E-state index contributed by atoms with van der Waals surface area (Å²) in [6.45, 7) is 4.15. The van der Waals surface area contributed by atoms with Crippen molar-refractivity contribution in [2.75, 3.05) is 39.4 Å². The highest BCUT2D eigenvalue weighted by Gasteiger charge is 2.33. The topological polar surface area (TPSA) is 79.8 Å². The van der Waals surface area contributed by atoms with E-state index in [1.807, 2.05) is 4.90 Å². The maximum Gasteiger partial charge on any atom is 0.325 e. The number of aromatic nitrogens is 2. The number of likely N-dealkylation sites (tertiary alicyclic amines) is 1. The number of hydrogen-bond acceptors (Lipinski definition) is 5. The van der Waals surface area contributed by atoms with Gasteiger partial charge in [0.1, 0.15) is 30.9 Å². The molecule has 2 aliphatic heterocycles. The fourth-order valence-electron chi connectivity index (χ4n) is 4.05. The summed E-state index contributed by atoms with van der Waals surface area (Å²) < 4.78 is 26.0. The predicted octanol–water partition coefficient (Wildman–Crippen LogP) is 1.09. The van der Waals surface area contributed by atoms with Crippen molar-refractivity contribution in [1.29, 1.82) is 0 Å². The summed E-state index contributed by atoms with van der Waals surface area (Å²) in [6, 6.07) is 6.07. The SMILES string of the molecule is O=C1CO[C@@H](COc2ccc(F)cc2)CN1C1CCN(CCn2cc[nH]c2=O)CC1. The van der Waals surface area contributed by atoms with Crippen LogP contribution in [0.2, 0.25) is 0 Å². The number of piperidine rings is 1. The first kappa shape index (κ1) is 20.6. The van der Waals surface area contributed by atoms with Crippen molar-refractivity contribution < 1.29 is 18.7 Å². The quantitative estimate of drug-likeness (QED) is 0.728. The number of nitrogens with one attached hydrogen (secondary N) is 1. The Morgan fingerprint density at radius 2 is 1.90 bits per heavy atom. The minimum atomic E-state index is -0.306. The van der Waals surface area contributed by atoms with Crippen LogP contribution in [0.4, 0.5) is 4.39 Å². The molecule has 0 radical (unpaired) electrons. The van der Waals surface area contributed by atoms with Gasteiger partial charge in [-0.3, -0.25) is 9.36 Å². The highest BCUT2D eigenvalue weighted by molar-refractivity contribution is 5.78. The normalized spacial score (nSPS) is 21.2. The molecule has 0 spiro atoms. The number of H-pyrrole nitrogens is 1. The van der Waals surface area contributed by atoms with E-state index in [0.29, 0.717) is 25.4 Å². The van der Waals surface area contributed by atoms with Crippen LogP contribution in [-0.2, 0) is 16.1 Å². The molecule has 0 saturated carbocycles. The number of nitrogens with zero attached hydrogens (tertiary/aromatic N) is 3. The molecule has 1 aromatic carbocycles. The average Bonchev–Trinajstić information content (AvgIpc) is 3.18. The van der Waals surface area contributed by atoms with Crippen LogP contribution in [0, 0.1) is 5.82 Å². The van der Waals surface area contributed by atoms with Crippen LogP contribution in [-0.4, -0.2) is 76.8 Å². The van der Waals surface area contributed by atoms with Gasteiger partial charge in [-0.1, -0.05) is 0 Å². The molecule has 1 aromatic heterocycles. The molecule has 1 amide bonds. The van der Waals surface area contributed by atoms with Crippen LogP contribution in [0.15, 0.2) is 41.5 Å². The Bertz CT molecular complexity index is 889. The lowest BCUT2D eigenvalue weighted by Crippen LogP contribution is -2.55. The molecule has 4 rings (SSSR count). The zero-order chi connectivity index (χ0) is 20.9. The largest absolute Gasteiger partial charge is 0.491 e. The first-order valence-electron chi connectivity index (χ1n) is 10.3. The average molecular weight is 418 g/mol.